The van der Waals surface area contributed by atoms with Gasteiger partial charge in [-0.3, -0.25) is 4.79 Å². The van der Waals surface area contributed by atoms with Crippen molar-refractivity contribution in [1.29, 1.82) is 5.26 Å². The molecule has 3 aromatic rings. The van der Waals surface area contributed by atoms with Crippen molar-refractivity contribution in [1.82, 2.24) is 0 Å². The molecule has 144 valence electrons. The largest absolute Gasteiger partial charge is 0.488 e. The zero-order valence-electron chi connectivity index (χ0n) is 15.2. The molecule has 29 heavy (non-hydrogen) atoms. The zero-order chi connectivity index (χ0) is 20.6. The second-order valence-corrected chi connectivity index (χ2v) is 7.38. The number of anilines is 1. The topological polar surface area (TPSA) is 62.1 Å². The Kier molecular flexibility index (Phi) is 7.07. The van der Waals surface area contributed by atoms with Gasteiger partial charge in [0, 0.05) is 10.0 Å². The number of nitrogens with zero attached hydrogens (tertiary/aromatic N) is 1. The molecule has 1 N–H and O–H groups in total. The lowest BCUT2D eigenvalue weighted by molar-refractivity contribution is -0.112. The van der Waals surface area contributed by atoms with Crippen molar-refractivity contribution in [2.24, 2.45) is 0 Å². The maximum absolute atomic E-state index is 12.6. The van der Waals surface area contributed by atoms with Crippen LogP contribution in [-0.4, -0.2) is 5.91 Å². The number of carbonyl (C=O) groups excluding carboxylic acids is 1. The van der Waals surface area contributed by atoms with Gasteiger partial charge in [0.15, 0.2) is 0 Å². The van der Waals surface area contributed by atoms with Crippen molar-refractivity contribution < 1.29 is 9.53 Å². The third-order valence-electron chi connectivity index (χ3n) is 4.00. The van der Waals surface area contributed by atoms with E-state index in [1.807, 2.05) is 42.5 Å². The van der Waals surface area contributed by atoms with E-state index in [0.29, 0.717) is 28.6 Å². The summed E-state index contributed by atoms with van der Waals surface area (Å²) >= 11 is 9.50. The molecular formula is C23H16BrClN2O2. The average Bonchev–Trinajstić information content (AvgIpc) is 2.73. The van der Waals surface area contributed by atoms with Crippen LogP contribution in [0.3, 0.4) is 0 Å². The fraction of sp³-hybridized carbons (Fsp3) is 0.0435. The predicted molar refractivity (Wildman–Crippen MR) is 119 cm³/mol. The van der Waals surface area contributed by atoms with Crippen LogP contribution in [0.25, 0.3) is 6.08 Å². The van der Waals surface area contributed by atoms with Crippen LogP contribution >= 0.6 is 27.5 Å². The van der Waals surface area contributed by atoms with Gasteiger partial charge in [-0.05, 0) is 42.0 Å². The Morgan fingerprint density at radius 3 is 2.55 bits per heavy atom. The van der Waals surface area contributed by atoms with Crippen molar-refractivity contribution >= 4 is 45.2 Å². The van der Waals surface area contributed by atoms with Gasteiger partial charge in [-0.2, -0.15) is 5.26 Å². The lowest BCUT2D eigenvalue weighted by Crippen LogP contribution is -2.13. The summed E-state index contributed by atoms with van der Waals surface area (Å²) in [5.41, 5.74) is 2.01. The third kappa shape index (κ3) is 5.71. The number of ether oxygens (including phenoxy) is 1. The predicted octanol–water partition coefficient (Wildman–Crippen LogP) is 6.23. The number of para-hydroxylation sites is 1. The van der Waals surface area contributed by atoms with Gasteiger partial charge in [-0.25, -0.2) is 0 Å². The Bertz CT molecular complexity index is 1090. The molecule has 0 radical (unpaired) electrons. The fourth-order valence-electron chi connectivity index (χ4n) is 2.56. The molecule has 0 fully saturated rings. The highest BCUT2D eigenvalue weighted by molar-refractivity contribution is 9.10. The zero-order valence-corrected chi connectivity index (χ0v) is 17.6. The van der Waals surface area contributed by atoms with Crippen LogP contribution in [0.15, 0.2) is 82.8 Å². The first-order valence-corrected chi connectivity index (χ1v) is 9.88. The molecule has 0 spiro atoms. The molecular weight excluding hydrogens is 452 g/mol. The Morgan fingerprint density at radius 2 is 1.83 bits per heavy atom. The fourth-order valence-corrected chi connectivity index (χ4v) is 3.12. The SMILES string of the molecule is N#C/C(=C\c1cc(Br)ccc1OCc1ccccc1)C(=O)Nc1ccccc1Cl. The number of halogens is 2. The Balaban J connectivity index is 1.84. The molecule has 0 aliphatic heterocycles. The molecule has 6 heteroatoms. The highest BCUT2D eigenvalue weighted by Gasteiger charge is 2.13. The van der Waals surface area contributed by atoms with Gasteiger partial charge in [0.25, 0.3) is 5.91 Å². The van der Waals surface area contributed by atoms with E-state index in [-0.39, 0.29) is 5.57 Å². The van der Waals surface area contributed by atoms with Crippen LogP contribution in [0.5, 0.6) is 5.75 Å². The molecule has 0 heterocycles. The van der Waals surface area contributed by atoms with Gasteiger partial charge in [0.1, 0.15) is 24.0 Å². The van der Waals surface area contributed by atoms with E-state index in [2.05, 4.69) is 21.2 Å². The minimum Gasteiger partial charge on any atom is -0.488 e. The number of benzene rings is 3. The summed E-state index contributed by atoms with van der Waals surface area (Å²) < 4.78 is 6.72. The van der Waals surface area contributed by atoms with Crippen LogP contribution in [-0.2, 0) is 11.4 Å². The molecule has 3 rings (SSSR count). The monoisotopic (exact) mass is 466 g/mol. The maximum Gasteiger partial charge on any atom is 0.266 e. The number of hydrogen-bond donors (Lipinski definition) is 1. The summed E-state index contributed by atoms with van der Waals surface area (Å²) in [6, 6.07) is 24.0. The second kappa shape index (κ2) is 9.92. The highest BCUT2D eigenvalue weighted by Crippen LogP contribution is 2.27. The first-order chi connectivity index (χ1) is 14.1. The van der Waals surface area contributed by atoms with Crippen molar-refractivity contribution in [3.63, 3.8) is 0 Å². The molecule has 0 saturated carbocycles. The van der Waals surface area contributed by atoms with Gasteiger partial charge in [-0.15, -0.1) is 0 Å². The van der Waals surface area contributed by atoms with Crippen LogP contribution in [0.1, 0.15) is 11.1 Å². The van der Waals surface area contributed by atoms with E-state index in [9.17, 15) is 10.1 Å². The molecule has 4 nitrogen and oxygen atoms in total. The standard InChI is InChI=1S/C23H16BrClN2O2/c24-19-10-11-22(29-15-16-6-2-1-3-7-16)17(13-19)12-18(14-26)23(28)27-21-9-5-4-8-20(21)25/h1-13H,15H2,(H,27,28)/b18-12+. The van der Waals surface area contributed by atoms with Crippen LogP contribution in [0.2, 0.25) is 5.02 Å². The Morgan fingerprint density at radius 1 is 1.10 bits per heavy atom. The van der Waals surface area contributed by atoms with E-state index in [1.54, 1.807) is 36.4 Å². The molecule has 0 aliphatic rings. The van der Waals surface area contributed by atoms with Gasteiger partial charge in [0.05, 0.1) is 10.7 Å². The molecule has 0 aliphatic carbocycles. The summed E-state index contributed by atoms with van der Waals surface area (Å²) in [5.74, 6) is 0.0185. The van der Waals surface area contributed by atoms with Crippen molar-refractivity contribution in [3.05, 3.63) is 99.0 Å². The molecule has 0 bridgehead atoms. The first kappa shape index (κ1) is 20.7. The molecule has 0 aromatic heterocycles. The third-order valence-corrected chi connectivity index (χ3v) is 4.82. The lowest BCUT2D eigenvalue weighted by Gasteiger charge is -2.11. The Labute approximate surface area is 182 Å². The molecule has 3 aromatic carbocycles. The molecule has 0 saturated heterocycles. The normalized spacial score (nSPS) is 10.9. The van der Waals surface area contributed by atoms with E-state index in [1.165, 1.54) is 6.08 Å². The number of nitriles is 1. The molecule has 0 unspecified atom stereocenters. The second-order valence-electron chi connectivity index (χ2n) is 6.06. The summed E-state index contributed by atoms with van der Waals surface area (Å²) in [6.07, 6.45) is 1.50. The van der Waals surface area contributed by atoms with E-state index in [0.717, 1.165) is 10.0 Å². The first-order valence-electron chi connectivity index (χ1n) is 8.71. The summed E-state index contributed by atoms with van der Waals surface area (Å²) in [4.78, 5) is 12.6. The summed E-state index contributed by atoms with van der Waals surface area (Å²) in [5, 5.41) is 12.6. The van der Waals surface area contributed by atoms with Gasteiger partial charge in [-0.1, -0.05) is 70.0 Å². The average molecular weight is 468 g/mol. The lowest BCUT2D eigenvalue weighted by atomic mass is 10.1. The maximum atomic E-state index is 12.6. The smallest absolute Gasteiger partial charge is 0.266 e. The Hall–Kier alpha value is -3.07. The van der Waals surface area contributed by atoms with Crippen LogP contribution in [0.4, 0.5) is 5.69 Å². The number of amides is 1. The van der Waals surface area contributed by atoms with Crippen molar-refractivity contribution in [2.45, 2.75) is 6.61 Å². The van der Waals surface area contributed by atoms with Gasteiger partial charge in [0.2, 0.25) is 0 Å². The van der Waals surface area contributed by atoms with Crippen molar-refractivity contribution in [2.75, 3.05) is 5.32 Å². The summed E-state index contributed by atoms with van der Waals surface area (Å²) in [7, 11) is 0. The number of carbonyl (C=O) groups is 1. The number of hydrogen-bond acceptors (Lipinski definition) is 3. The van der Waals surface area contributed by atoms with E-state index in [4.69, 9.17) is 16.3 Å². The van der Waals surface area contributed by atoms with Crippen molar-refractivity contribution in [3.8, 4) is 11.8 Å². The highest BCUT2D eigenvalue weighted by atomic mass is 79.9. The molecule has 1 amide bonds. The number of rotatable bonds is 6. The van der Waals surface area contributed by atoms with Gasteiger partial charge >= 0.3 is 0 Å². The molecule has 0 atom stereocenters. The minimum atomic E-state index is -0.547. The summed E-state index contributed by atoms with van der Waals surface area (Å²) in [6.45, 7) is 0.372. The number of nitrogens with one attached hydrogen (secondary N) is 1. The van der Waals surface area contributed by atoms with Crippen LogP contribution < -0.4 is 10.1 Å². The van der Waals surface area contributed by atoms with E-state index >= 15 is 0 Å². The quantitative estimate of drug-likeness (QED) is 0.345. The van der Waals surface area contributed by atoms with Gasteiger partial charge < -0.3 is 10.1 Å². The van der Waals surface area contributed by atoms with E-state index < -0.39 is 5.91 Å². The minimum absolute atomic E-state index is 0.0624. The van der Waals surface area contributed by atoms with Crippen LogP contribution in [0, 0.1) is 11.3 Å².